The number of carbonyl (C=O) groups is 1. The molecule has 0 aromatic heterocycles. The summed E-state index contributed by atoms with van der Waals surface area (Å²) >= 11 is 11.4. The van der Waals surface area contributed by atoms with Gasteiger partial charge in [-0.1, -0.05) is 0 Å². The zero-order valence-electron chi connectivity index (χ0n) is 11.3. The molecule has 1 aliphatic rings. The van der Waals surface area contributed by atoms with E-state index in [0.29, 0.717) is 12.2 Å². The Morgan fingerprint density at radius 2 is 1.45 bits per heavy atom. The maximum Gasteiger partial charge on any atom is 0.340 e. The minimum Gasteiger partial charge on any atom is -0.461 e. The van der Waals surface area contributed by atoms with E-state index in [9.17, 15) is 4.79 Å². The molecular formula is C13H12I5NO3. The number of rotatable bonds is 4. The molecule has 0 amide bonds. The maximum atomic E-state index is 12.5. The van der Waals surface area contributed by atoms with Crippen LogP contribution in [0.5, 0.6) is 0 Å². The van der Waals surface area contributed by atoms with E-state index in [1.165, 1.54) is 3.57 Å². The second-order valence-electron chi connectivity index (χ2n) is 4.53. The third-order valence-corrected chi connectivity index (χ3v) is 12.7. The van der Waals surface area contributed by atoms with E-state index in [0.717, 1.165) is 47.1 Å². The lowest BCUT2D eigenvalue weighted by atomic mass is 10.2. The number of benzene rings is 1. The second-order valence-corrected chi connectivity index (χ2v) is 9.93. The first-order valence-corrected chi connectivity index (χ1v) is 11.8. The Bertz CT molecular complexity index is 546. The van der Waals surface area contributed by atoms with Crippen molar-refractivity contribution in [1.82, 2.24) is 4.90 Å². The van der Waals surface area contributed by atoms with Crippen molar-refractivity contribution in [1.29, 1.82) is 0 Å². The lowest BCUT2D eigenvalue weighted by Crippen LogP contribution is -2.38. The van der Waals surface area contributed by atoms with Crippen LogP contribution in [0.1, 0.15) is 10.4 Å². The fourth-order valence-corrected chi connectivity index (χ4v) is 7.15. The summed E-state index contributed by atoms with van der Waals surface area (Å²) in [5.41, 5.74) is 0.692. The van der Waals surface area contributed by atoms with Gasteiger partial charge in [0.05, 0.1) is 18.8 Å². The van der Waals surface area contributed by atoms with Gasteiger partial charge < -0.3 is 9.47 Å². The fraction of sp³-hybridized carbons (Fsp3) is 0.462. The summed E-state index contributed by atoms with van der Waals surface area (Å²) in [4.78, 5) is 14.7. The molecule has 0 saturated carbocycles. The van der Waals surface area contributed by atoms with Gasteiger partial charge in [-0.25, -0.2) is 4.79 Å². The minimum absolute atomic E-state index is 0.228. The molecule has 1 aliphatic heterocycles. The minimum atomic E-state index is -0.228. The van der Waals surface area contributed by atoms with Gasteiger partial charge in [0.25, 0.3) is 0 Å². The Labute approximate surface area is 197 Å². The molecule has 22 heavy (non-hydrogen) atoms. The molecule has 1 aromatic rings. The number of carbonyl (C=O) groups excluding carboxylic acids is 1. The molecule has 2 rings (SSSR count). The lowest BCUT2D eigenvalue weighted by molar-refractivity contribution is 0.0194. The summed E-state index contributed by atoms with van der Waals surface area (Å²) in [6.07, 6.45) is 0. The number of morpholine rings is 1. The normalized spacial score (nSPS) is 15.9. The van der Waals surface area contributed by atoms with Gasteiger partial charge in [0.1, 0.15) is 6.61 Å². The average molecular weight is 865 g/mol. The Morgan fingerprint density at radius 1 is 0.955 bits per heavy atom. The molecule has 9 heteroatoms. The Hall–Kier alpha value is 2.26. The van der Waals surface area contributed by atoms with E-state index in [4.69, 9.17) is 9.47 Å². The molecule has 1 fully saturated rings. The molecule has 0 aliphatic carbocycles. The summed E-state index contributed by atoms with van der Waals surface area (Å²) in [6, 6.07) is 0. The van der Waals surface area contributed by atoms with Crippen molar-refractivity contribution < 1.29 is 14.3 Å². The Kier molecular flexibility index (Phi) is 9.18. The third-order valence-electron chi connectivity index (χ3n) is 3.16. The van der Waals surface area contributed by atoms with E-state index >= 15 is 0 Å². The second kappa shape index (κ2) is 9.82. The highest BCUT2D eigenvalue weighted by Crippen LogP contribution is 2.34. The van der Waals surface area contributed by atoms with Crippen LogP contribution >= 0.6 is 113 Å². The van der Waals surface area contributed by atoms with Gasteiger partial charge in [0.2, 0.25) is 0 Å². The van der Waals surface area contributed by atoms with E-state index in [2.05, 4.69) is 118 Å². The van der Waals surface area contributed by atoms with Gasteiger partial charge in [-0.3, -0.25) is 4.90 Å². The van der Waals surface area contributed by atoms with Crippen LogP contribution in [0, 0.1) is 17.9 Å². The third kappa shape index (κ3) is 5.14. The largest absolute Gasteiger partial charge is 0.461 e. The Morgan fingerprint density at radius 3 is 2.00 bits per heavy atom. The van der Waals surface area contributed by atoms with Gasteiger partial charge in [0, 0.05) is 37.5 Å². The monoisotopic (exact) mass is 865 g/mol. The van der Waals surface area contributed by atoms with Crippen molar-refractivity contribution in [3.8, 4) is 0 Å². The maximum absolute atomic E-state index is 12.5. The van der Waals surface area contributed by atoms with E-state index in [-0.39, 0.29) is 5.97 Å². The van der Waals surface area contributed by atoms with Gasteiger partial charge in [-0.2, -0.15) is 0 Å². The van der Waals surface area contributed by atoms with Gasteiger partial charge >= 0.3 is 5.97 Å². The topological polar surface area (TPSA) is 38.8 Å². The van der Waals surface area contributed by atoms with Crippen LogP contribution in [0.4, 0.5) is 0 Å². The van der Waals surface area contributed by atoms with E-state index in [1.807, 2.05) is 0 Å². The zero-order valence-corrected chi connectivity index (χ0v) is 22.1. The smallest absolute Gasteiger partial charge is 0.340 e. The number of esters is 1. The Balaban J connectivity index is 2.03. The molecule has 122 valence electrons. The summed E-state index contributed by atoms with van der Waals surface area (Å²) in [7, 11) is 0. The molecule has 0 bridgehead atoms. The van der Waals surface area contributed by atoms with Crippen LogP contribution in [0.15, 0.2) is 0 Å². The number of halogens is 5. The van der Waals surface area contributed by atoms with E-state index < -0.39 is 0 Å². The predicted octanol–water partition coefficient (Wildman–Crippen LogP) is 4.20. The average Bonchev–Trinajstić information content (AvgIpc) is 2.52. The quantitative estimate of drug-likeness (QED) is 0.197. The van der Waals surface area contributed by atoms with Crippen molar-refractivity contribution in [3.63, 3.8) is 0 Å². The first-order chi connectivity index (χ1) is 10.4. The van der Waals surface area contributed by atoms with Crippen molar-refractivity contribution >= 4 is 119 Å². The van der Waals surface area contributed by atoms with Gasteiger partial charge in [0.15, 0.2) is 0 Å². The first kappa shape index (κ1) is 20.6. The molecule has 1 aromatic carbocycles. The van der Waals surface area contributed by atoms with Crippen molar-refractivity contribution in [2.45, 2.75) is 0 Å². The van der Waals surface area contributed by atoms with E-state index in [1.54, 1.807) is 0 Å². The molecule has 1 heterocycles. The molecule has 0 atom stereocenters. The molecule has 0 spiro atoms. The van der Waals surface area contributed by atoms with Crippen molar-refractivity contribution in [3.05, 3.63) is 23.4 Å². The lowest BCUT2D eigenvalue weighted by Gasteiger charge is -2.26. The number of hydrogen-bond acceptors (Lipinski definition) is 4. The summed E-state index contributed by atoms with van der Waals surface area (Å²) in [5.74, 6) is -0.228. The van der Waals surface area contributed by atoms with Crippen LogP contribution in [-0.2, 0) is 9.47 Å². The highest BCUT2D eigenvalue weighted by Gasteiger charge is 2.23. The fourth-order valence-electron chi connectivity index (χ4n) is 1.95. The number of nitrogens with zero attached hydrogens (tertiary/aromatic N) is 1. The standard InChI is InChI=1S/C13H12I5NO3/c14-8-7(9(15)11(17)12(18)10(8)16)13(20)22-6-3-19-1-4-21-5-2-19/h1-6H2. The van der Waals surface area contributed by atoms with Crippen LogP contribution in [0.2, 0.25) is 0 Å². The van der Waals surface area contributed by atoms with Crippen LogP contribution in [0.3, 0.4) is 0 Å². The molecule has 1 saturated heterocycles. The van der Waals surface area contributed by atoms with Crippen molar-refractivity contribution in [2.24, 2.45) is 0 Å². The predicted molar refractivity (Wildman–Crippen MR) is 128 cm³/mol. The number of hydrogen-bond donors (Lipinski definition) is 0. The molecule has 0 radical (unpaired) electrons. The SMILES string of the molecule is O=C(OCCN1CCOCC1)c1c(I)c(I)c(I)c(I)c1I. The van der Waals surface area contributed by atoms with Gasteiger partial charge in [-0.15, -0.1) is 0 Å². The summed E-state index contributed by atoms with van der Waals surface area (Å²) in [5, 5.41) is 0. The highest BCUT2D eigenvalue weighted by atomic mass is 127. The summed E-state index contributed by atoms with van der Waals surface area (Å²) < 4.78 is 16.2. The van der Waals surface area contributed by atoms with Gasteiger partial charge in [-0.05, 0) is 113 Å². The van der Waals surface area contributed by atoms with Crippen LogP contribution < -0.4 is 0 Å². The van der Waals surface area contributed by atoms with Crippen LogP contribution in [0.25, 0.3) is 0 Å². The molecule has 0 unspecified atom stereocenters. The van der Waals surface area contributed by atoms with Crippen molar-refractivity contribution in [2.75, 3.05) is 39.5 Å². The first-order valence-electron chi connectivity index (χ1n) is 6.42. The van der Waals surface area contributed by atoms with Crippen LogP contribution in [-0.4, -0.2) is 50.3 Å². The molecule has 4 nitrogen and oxygen atoms in total. The molecular weight excluding hydrogens is 853 g/mol. The number of ether oxygens (including phenoxy) is 2. The zero-order chi connectivity index (χ0) is 16.3. The molecule has 0 N–H and O–H groups in total. The highest BCUT2D eigenvalue weighted by molar-refractivity contribution is 14.1. The summed E-state index contributed by atoms with van der Waals surface area (Å²) in [6.45, 7) is 4.53.